The van der Waals surface area contributed by atoms with Crippen molar-refractivity contribution >= 4 is 11.3 Å². The van der Waals surface area contributed by atoms with Crippen LogP contribution in [0, 0.1) is 5.92 Å². The summed E-state index contributed by atoms with van der Waals surface area (Å²) >= 11 is 1.76. The van der Waals surface area contributed by atoms with E-state index in [4.69, 9.17) is 4.74 Å². The van der Waals surface area contributed by atoms with E-state index >= 15 is 0 Å². The molecule has 2 unspecified atom stereocenters. The molecule has 1 saturated carbocycles. The monoisotopic (exact) mass is 253 g/mol. The molecular formula is C14H23NOS. The van der Waals surface area contributed by atoms with Crippen molar-refractivity contribution in [2.75, 3.05) is 13.2 Å². The van der Waals surface area contributed by atoms with E-state index in [0.717, 1.165) is 25.7 Å². The zero-order valence-corrected chi connectivity index (χ0v) is 11.5. The van der Waals surface area contributed by atoms with E-state index in [-0.39, 0.29) is 0 Å². The molecule has 0 radical (unpaired) electrons. The van der Waals surface area contributed by atoms with E-state index < -0.39 is 0 Å². The summed E-state index contributed by atoms with van der Waals surface area (Å²) in [7, 11) is 0. The van der Waals surface area contributed by atoms with Crippen LogP contribution in [0.25, 0.3) is 0 Å². The van der Waals surface area contributed by atoms with Gasteiger partial charge in [0, 0.05) is 17.5 Å². The first-order valence-corrected chi connectivity index (χ1v) is 7.58. The van der Waals surface area contributed by atoms with E-state index in [0.29, 0.717) is 6.04 Å². The maximum atomic E-state index is 5.65. The standard InChI is InChI=1S/C14H23NOS/c1-12-5-2-3-7-14(12)15-8-9-16-11-13-6-4-10-17-13/h4,6,10,12,14-15H,2-3,5,7-9,11H2,1H3. The molecule has 1 fully saturated rings. The number of hydrogen-bond donors (Lipinski definition) is 1. The smallest absolute Gasteiger partial charge is 0.0809 e. The third kappa shape index (κ3) is 4.41. The minimum Gasteiger partial charge on any atom is -0.375 e. The lowest BCUT2D eigenvalue weighted by atomic mass is 9.86. The number of nitrogens with one attached hydrogen (secondary N) is 1. The minimum atomic E-state index is 0.717. The summed E-state index contributed by atoms with van der Waals surface area (Å²) < 4.78 is 5.65. The third-order valence-electron chi connectivity index (χ3n) is 3.59. The maximum Gasteiger partial charge on any atom is 0.0809 e. The van der Waals surface area contributed by atoms with E-state index in [9.17, 15) is 0 Å². The highest BCUT2D eigenvalue weighted by molar-refractivity contribution is 7.09. The molecule has 1 heterocycles. The molecule has 0 spiro atoms. The van der Waals surface area contributed by atoms with Gasteiger partial charge in [0.05, 0.1) is 13.2 Å². The molecule has 0 aliphatic heterocycles. The van der Waals surface area contributed by atoms with Crippen molar-refractivity contribution in [3.05, 3.63) is 22.4 Å². The van der Waals surface area contributed by atoms with Crippen molar-refractivity contribution < 1.29 is 4.74 Å². The Labute approximate surface area is 108 Å². The van der Waals surface area contributed by atoms with Crippen molar-refractivity contribution in [2.24, 2.45) is 5.92 Å². The first-order chi connectivity index (χ1) is 8.36. The molecule has 0 saturated heterocycles. The molecule has 1 aromatic heterocycles. The van der Waals surface area contributed by atoms with Gasteiger partial charge in [-0.1, -0.05) is 25.8 Å². The molecule has 2 atom stereocenters. The fourth-order valence-corrected chi connectivity index (χ4v) is 3.14. The van der Waals surface area contributed by atoms with Crippen molar-refractivity contribution in [3.63, 3.8) is 0 Å². The highest BCUT2D eigenvalue weighted by atomic mass is 32.1. The summed E-state index contributed by atoms with van der Waals surface area (Å²) in [4.78, 5) is 1.32. The van der Waals surface area contributed by atoms with Crippen LogP contribution in [-0.4, -0.2) is 19.2 Å². The molecule has 3 heteroatoms. The molecule has 17 heavy (non-hydrogen) atoms. The lowest BCUT2D eigenvalue weighted by molar-refractivity contribution is 0.118. The van der Waals surface area contributed by atoms with Gasteiger partial charge in [0.15, 0.2) is 0 Å². The van der Waals surface area contributed by atoms with Crippen LogP contribution in [0.15, 0.2) is 17.5 Å². The van der Waals surface area contributed by atoms with E-state index in [1.54, 1.807) is 11.3 Å². The van der Waals surface area contributed by atoms with Gasteiger partial charge in [-0.15, -0.1) is 11.3 Å². The Morgan fingerprint density at radius 2 is 2.29 bits per heavy atom. The van der Waals surface area contributed by atoms with Crippen molar-refractivity contribution in [3.8, 4) is 0 Å². The second-order valence-electron chi connectivity index (χ2n) is 4.95. The van der Waals surface area contributed by atoms with Gasteiger partial charge in [0.2, 0.25) is 0 Å². The van der Waals surface area contributed by atoms with E-state index in [1.807, 2.05) is 0 Å². The SMILES string of the molecule is CC1CCCCC1NCCOCc1cccs1. The Bertz CT molecular complexity index is 299. The molecule has 1 aromatic rings. The molecule has 1 N–H and O–H groups in total. The summed E-state index contributed by atoms with van der Waals surface area (Å²) in [6.45, 7) is 4.93. The Morgan fingerprint density at radius 3 is 3.06 bits per heavy atom. The summed E-state index contributed by atoms with van der Waals surface area (Å²) in [5.74, 6) is 0.834. The largest absolute Gasteiger partial charge is 0.375 e. The van der Waals surface area contributed by atoms with Gasteiger partial charge in [0.1, 0.15) is 0 Å². The van der Waals surface area contributed by atoms with Crippen LogP contribution in [0.2, 0.25) is 0 Å². The zero-order chi connectivity index (χ0) is 11.9. The quantitative estimate of drug-likeness (QED) is 0.784. The van der Waals surface area contributed by atoms with Crippen LogP contribution >= 0.6 is 11.3 Å². The van der Waals surface area contributed by atoms with E-state index in [1.165, 1.54) is 30.6 Å². The Balaban J connectivity index is 1.53. The van der Waals surface area contributed by atoms with E-state index in [2.05, 4.69) is 29.8 Å². The molecule has 2 nitrogen and oxygen atoms in total. The Morgan fingerprint density at radius 1 is 1.41 bits per heavy atom. The highest BCUT2D eigenvalue weighted by Gasteiger charge is 2.19. The summed E-state index contributed by atoms with van der Waals surface area (Å²) in [5, 5.41) is 5.73. The average molecular weight is 253 g/mol. The zero-order valence-electron chi connectivity index (χ0n) is 10.7. The van der Waals surface area contributed by atoms with Gasteiger partial charge in [-0.2, -0.15) is 0 Å². The lowest BCUT2D eigenvalue weighted by Gasteiger charge is -2.29. The first kappa shape index (κ1) is 13.1. The van der Waals surface area contributed by atoms with Gasteiger partial charge < -0.3 is 10.1 Å². The summed E-state index contributed by atoms with van der Waals surface area (Å²) in [6.07, 6.45) is 5.52. The molecule has 96 valence electrons. The van der Waals surface area contributed by atoms with Crippen LogP contribution in [-0.2, 0) is 11.3 Å². The molecule has 0 amide bonds. The van der Waals surface area contributed by atoms with Crippen molar-refractivity contribution in [2.45, 2.75) is 45.3 Å². The van der Waals surface area contributed by atoms with Gasteiger partial charge in [-0.05, 0) is 30.2 Å². The molecule has 2 rings (SSSR count). The summed E-state index contributed by atoms with van der Waals surface area (Å²) in [6, 6.07) is 4.92. The van der Waals surface area contributed by atoms with Crippen molar-refractivity contribution in [1.82, 2.24) is 5.32 Å². The number of thiophene rings is 1. The minimum absolute atomic E-state index is 0.717. The van der Waals surface area contributed by atoms with Gasteiger partial charge >= 0.3 is 0 Å². The van der Waals surface area contributed by atoms with Crippen LogP contribution in [0.4, 0.5) is 0 Å². The summed E-state index contributed by atoms with van der Waals surface area (Å²) in [5.41, 5.74) is 0. The van der Waals surface area contributed by atoms with Gasteiger partial charge in [-0.25, -0.2) is 0 Å². The Kier molecular flexibility index (Phi) is 5.49. The second-order valence-corrected chi connectivity index (χ2v) is 5.99. The number of rotatable bonds is 6. The first-order valence-electron chi connectivity index (χ1n) is 6.70. The fourth-order valence-electron chi connectivity index (χ4n) is 2.50. The average Bonchev–Trinajstić information content (AvgIpc) is 2.84. The number of ether oxygens (including phenoxy) is 1. The molecular weight excluding hydrogens is 230 g/mol. The fraction of sp³-hybridized carbons (Fsp3) is 0.714. The highest BCUT2D eigenvalue weighted by Crippen LogP contribution is 2.23. The number of hydrogen-bond acceptors (Lipinski definition) is 3. The topological polar surface area (TPSA) is 21.3 Å². The van der Waals surface area contributed by atoms with Crippen LogP contribution in [0.3, 0.4) is 0 Å². The molecule has 0 bridgehead atoms. The predicted octanol–water partition coefficient (Wildman–Crippen LogP) is 3.43. The third-order valence-corrected chi connectivity index (χ3v) is 4.44. The molecule has 1 aliphatic carbocycles. The predicted molar refractivity (Wildman–Crippen MR) is 73.4 cm³/mol. The maximum absolute atomic E-state index is 5.65. The van der Waals surface area contributed by atoms with Crippen molar-refractivity contribution in [1.29, 1.82) is 0 Å². The van der Waals surface area contributed by atoms with Crippen LogP contribution in [0.5, 0.6) is 0 Å². The molecule has 1 aliphatic rings. The lowest BCUT2D eigenvalue weighted by Crippen LogP contribution is -2.38. The van der Waals surface area contributed by atoms with Crippen LogP contribution < -0.4 is 5.32 Å². The second kappa shape index (κ2) is 7.14. The van der Waals surface area contributed by atoms with Gasteiger partial charge in [0.25, 0.3) is 0 Å². The van der Waals surface area contributed by atoms with Gasteiger partial charge in [-0.3, -0.25) is 0 Å². The molecule has 0 aromatic carbocycles. The Hall–Kier alpha value is -0.380. The van der Waals surface area contributed by atoms with Crippen LogP contribution in [0.1, 0.15) is 37.5 Å². The normalized spacial score (nSPS) is 25.0.